The van der Waals surface area contributed by atoms with Gasteiger partial charge in [-0.1, -0.05) is 29.3 Å². The Morgan fingerprint density at radius 1 is 1.39 bits per heavy atom. The van der Waals surface area contributed by atoms with Crippen molar-refractivity contribution in [1.29, 1.82) is 0 Å². The van der Waals surface area contributed by atoms with E-state index in [4.69, 9.17) is 23.2 Å². The number of aryl methyl sites for hydroxylation is 1. The summed E-state index contributed by atoms with van der Waals surface area (Å²) < 4.78 is 1.96. The molecule has 1 aliphatic rings. The van der Waals surface area contributed by atoms with E-state index >= 15 is 0 Å². The van der Waals surface area contributed by atoms with Gasteiger partial charge in [0.05, 0.1) is 16.5 Å². The smallest absolute Gasteiger partial charge is 0.227 e. The second kappa shape index (κ2) is 6.91. The van der Waals surface area contributed by atoms with Crippen LogP contribution in [0.25, 0.3) is 0 Å². The molecule has 7 heteroatoms. The number of hydrogen-bond acceptors (Lipinski definition) is 3. The SMILES string of the molecule is Cn1ccnc1C1CNCCN1C(=O)Cc1ccc(Cl)c(Cl)c1. The molecule has 23 heavy (non-hydrogen) atoms. The van der Waals surface area contributed by atoms with Crippen molar-refractivity contribution >= 4 is 29.1 Å². The number of piperazine rings is 1. The molecule has 0 aliphatic carbocycles. The van der Waals surface area contributed by atoms with Gasteiger partial charge in [-0.15, -0.1) is 0 Å². The van der Waals surface area contributed by atoms with Crippen molar-refractivity contribution in [2.75, 3.05) is 19.6 Å². The van der Waals surface area contributed by atoms with Crippen LogP contribution in [0.15, 0.2) is 30.6 Å². The summed E-state index contributed by atoms with van der Waals surface area (Å²) in [7, 11) is 1.94. The summed E-state index contributed by atoms with van der Waals surface area (Å²) in [5.74, 6) is 0.956. The Hall–Kier alpha value is -1.56. The van der Waals surface area contributed by atoms with Crippen molar-refractivity contribution < 1.29 is 4.79 Å². The van der Waals surface area contributed by atoms with Crippen LogP contribution in [0, 0.1) is 0 Å². The summed E-state index contributed by atoms with van der Waals surface area (Å²) in [5.41, 5.74) is 0.863. The van der Waals surface area contributed by atoms with Gasteiger partial charge in [0.1, 0.15) is 11.9 Å². The van der Waals surface area contributed by atoms with E-state index < -0.39 is 0 Å². The average molecular weight is 353 g/mol. The van der Waals surface area contributed by atoms with Crippen molar-refractivity contribution in [3.8, 4) is 0 Å². The molecule has 1 aromatic heterocycles. The van der Waals surface area contributed by atoms with Gasteiger partial charge >= 0.3 is 0 Å². The molecular formula is C16H18Cl2N4O. The maximum Gasteiger partial charge on any atom is 0.227 e. The lowest BCUT2D eigenvalue weighted by Gasteiger charge is -2.36. The largest absolute Gasteiger partial charge is 0.336 e. The molecule has 2 heterocycles. The van der Waals surface area contributed by atoms with Gasteiger partial charge in [-0.2, -0.15) is 0 Å². The van der Waals surface area contributed by atoms with E-state index in [1.54, 1.807) is 18.3 Å². The molecule has 122 valence electrons. The molecule has 1 fully saturated rings. The van der Waals surface area contributed by atoms with Gasteiger partial charge < -0.3 is 14.8 Å². The van der Waals surface area contributed by atoms with Crippen LogP contribution in [0.2, 0.25) is 10.0 Å². The first-order valence-corrected chi connectivity index (χ1v) is 8.23. The van der Waals surface area contributed by atoms with Crippen LogP contribution in [0.1, 0.15) is 17.4 Å². The van der Waals surface area contributed by atoms with Crippen molar-refractivity contribution in [2.45, 2.75) is 12.5 Å². The van der Waals surface area contributed by atoms with Crippen LogP contribution >= 0.6 is 23.2 Å². The fraction of sp³-hybridized carbons (Fsp3) is 0.375. The zero-order valence-corrected chi connectivity index (χ0v) is 14.3. The molecule has 3 rings (SSSR count). The quantitative estimate of drug-likeness (QED) is 0.922. The van der Waals surface area contributed by atoms with E-state index in [0.29, 0.717) is 29.6 Å². The zero-order chi connectivity index (χ0) is 16.4. The maximum atomic E-state index is 12.8. The van der Waals surface area contributed by atoms with E-state index in [1.807, 2.05) is 28.8 Å². The Morgan fingerprint density at radius 2 is 2.22 bits per heavy atom. The lowest BCUT2D eigenvalue weighted by Crippen LogP contribution is -2.49. The molecule has 1 amide bonds. The number of benzene rings is 1. The topological polar surface area (TPSA) is 50.2 Å². The van der Waals surface area contributed by atoms with E-state index in [2.05, 4.69) is 10.3 Å². The Morgan fingerprint density at radius 3 is 2.91 bits per heavy atom. The third-order valence-corrected chi connectivity index (χ3v) is 4.80. The number of nitrogens with one attached hydrogen (secondary N) is 1. The average Bonchev–Trinajstić information content (AvgIpc) is 2.97. The molecular weight excluding hydrogens is 335 g/mol. The van der Waals surface area contributed by atoms with Crippen LogP contribution in [0.4, 0.5) is 0 Å². The highest BCUT2D eigenvalue weighted by Crippen LogP contribution is 2.25. The minimum atomic E-state index is -0.0565. The summed E-state index contributed by atoms with van der Waals surface area (Å²) in [6, 6.07) is 5.25. The monoisotopic (exact) mass is 352 g/mol. The Kier molecular flexibility index (Phi) is 4.90. The van der Waals surface area contributed by atoms with Crippen LogP contribution < -0.4 is 5.32 Å². The molecule has 2 aromatic rings. The van der Waals surface area contributed by atoms with Gasteiger partial charge in [0.25, 0.3) is 0 Å². The summed E-state index contributed by atoms with van der Waals surface area (Å²) in [6.45, 7) is 2.16. The van der Waals surface area contributed by atoms with Crippen LogP contribution in [-0.4, -0.2) is 40.0 Å². The Balaban J connectivity index is 1.78. The van der Waals surface area contributed by atoms with Gasteiger partial charge in [0, 0.05) is 39.1 Å². The standard InChI is InChI=1S/C16H18Cl2N4O/c1-21-6-5-20-16(21)14-10-19-4-7-22(14)15(23)9-11-2-3-12(17)13(18)8-11/h2-3,5-6,8,14,19H,4,7,9-10H2,1H3. The van der Waals surface area contributed by atoms with E-state index in [9.17, 15) is 4.79 Å². The first kappa shape index (κ1) is 16.3. The summed E-state index contributed by atoms with van der Waals surface area (Å²) >= 11 is 12.0. The molecule has 5 nitrogen and oxygen atoms in total. The number of aromatic nitrogens is 2. The van der Waals surface area contributed by atoms with Crippen LogP contribution in [0.5, 0.6) is 0 Å². The third-order valence-electron chi connectivity index (χ3n) is 4.06. The summed E-state index contributed by atoms with van der Waals surface area (Å²) in [6.07, 6.45) is 3.95. The first-order valence-electron chi connectivity index (χ1n) is 7.47. The summed E-state index contributed by atoms with van der Waals surface area (Å²) in [5, 5.41) is 4.30. The number of amides is 1. The first-order chi connectivity index (χ1) is 11.1. The fourth-order valence-electron chi connectivity index (χ4n) is 2.86. The summed E-state index contributed by atoms with van der Waals surface area (Å²) in [4.78, 5) is 19.1. The second-order valence-corrected chi connectivity index (χ2v) is 6.44. The van der Waals surface area contributed by atoms with Gasteiger partial charge in [-0.05, 0) is 17.7 Å². The number of carbonyl (C=O) groups excluding carboxylic acids is 1. The van der Waals surface area contributed by atoms with Crippen molar-refractivity contribution in [1.82, 2.24) is 19.8 Å². The highest BCUT2D eigenvalue weighted by molar-refractivity contribution is 6.42. The predicted molar refractivity (Wildman–Crippen MR) is 90.7 cm³/mol. The molecule has 1 unspecified atom stereocenters. The molecule has 1 N–H and O–H groups in total. The number of imidazole rings is 1. The number of rotatable bonds is 3. The molecule has 1 aliphatic heterocycles. The number of nitrogens with zero attached hydrogens (tertiary/aromatic N) is 3. The lowest BCUT2D eigenvalue weighted by molar-refractivity contribution is -0.134. The number of hydrogen-bond donors (Lipinski definition) is 1. The highest BCUT2D eigenvalue weighted by atomic mass is 35.5. The van der Waals surface area contributed by atoms with Crippen LogP contribution in [-0.2, 0) is 18.3 Å². The predicted octanol–water partition coefficient (Wildman–Crippen LogP) is 2.44. The molecule has 1 aromatic carbocycles. The Labute approximate surface area is 145 Å². The third kappa shape index (κ3) is 3.52. The van der Waals surface area contributed by atoms with E-state index in [0.717, 1.165) is 17.9 Å². The van der Waals surface area contributed by atoms with Gasteiger partial charge in [0.2, 0.25) is 5.91 Å². The number of carbonyl (C=O) groups is 1. The molecule has 1 saturated heterocycles. The minimum Gasteiger partial charge on any atom is -0.336 e. The second-order valence-electron chi connectivity index (χ2n) is 5.63. The molecule has 0 radical (unpaired) electrons. The number of halogens is 2. The van der Waals surface area contributed by atoms with Crippen LogP contribution in [0.3, 0.4) is 0 Å². The zero-order valence-electron chi connectivity index (χ0n) is 12.8. The molecule has 0 saturated carbocycles. The normalized spacial score (nSPS) is 18.2. The van der Waals surface area contributed by atoms with Gasteiger partial charge in [-0.3, -0.25) is 4.79 Å². The highest BCUT2D eigenvalue weighted by Gasteiger charge is 2.30. The molecule has 1 atom stereocenters. The minimum absolute atomic E-state index is 0.0565. The van der Waals surface area contributed by atoms with Crippen molar-refractivity contribution in [3.05, 3.63) is 52.0 Å². The molecule has 0 spiro atoms. The van der Waals surface area contributed by atoms with Crippen molar-refractivity contribution in [3.63, 3.8) is 0 Å². The van der Waals surface area contributed by atoms with Gasteiger partial charge in [-0.25, -0.2) is 4.98 Å². The molecule has 0 bridgehead atoms. The van der Waals surface area contributed by atoms with E-state index in [-0.39, 0.29) is 11.9 Å². The Bertz CT molecular complexity index is 716. The van der Waals surface area contributed by atoms with Gasteiger partial charge in [0.15, 0.2) is 0 Å². The van der Waals surface area contributed by atoms with E-state index in [1.165, 1.54) is 0 Å². The fourth-order valence-corrected chi connectivity index (χ4v) is 3.18. The lowest BCUT2D eigenvalue weighted by atomic mass is 10.1. The maximum absolute atomic E-state index is 12.8. The van der Waals surface area contributed by atoms with Crippen molar-refractivity contribution in [2.24, 2.45) is 7.05 Å².